The highest BCUT2D eigenvalue weighted by Crippen LogP contribution is 2.28. The predicted octanol–water partition coefficient (Wildman–Crippen LogP) is 3.17. The highest BCUT2D eigenvalue weighted by atomic mass is 16.6. The average Bonchev–Trinajstić information content (AvgIpc) is 3.44. The Morgan fingerprint density at radius 1 is 0.667 bits per heavy atom. The number of rotatable bonds is 6. The van der Waals surface area contributed by atoms with Crippen molar-refractivity contribution < 1.29 is 23.8 Å². The highest BCUT2D eigenvalue weighted by molar-refractivity contribution is 5.95. The van der Waals surface area contributed by atoms with Crippen LogP contribution in [0.3, 0.4) is 0 Å². The normalized spacial score (nSPS) is 23.5. The zero-order valence-corrected chi connectivity index (χ0v) is 17.8. The van der Waals surface area contributed by atoms with Crippen LogP contribution in [0.5, 0.6) is 11.5 Å². The molecule has 33 heavy (non-hydrogen) atoms. The molecule has 2 aliphatic heterocycles. The number of fused-ring (bicyclic) bond motifs is 1. The lowest BCUT2D eigenvalue weighted by atomic mass is 10.0. The Kier molecular flexibility index (Phi) is 6.06. The summed E-state index contributed by atoms with van der Waals surface area (Å²) >= 11 is 0. The molecule has 7 nitrogen and oxygen atoms in total. The number of benzene rings is 3. The molecule has 0 aromatic heterocycles. The van der Waals surface area contributed by atoms with Crippen molar-refractivity contribution in [1.82, 2.24) is 10.6 Å². The molecule has 5 rings (SSSR count). The van der Waals surface area contributed by atoms with Gasteiger partial charge < -0.3 is 24.8 Å². The van der Waals surface area contributed by atoms with Crippen molar-refractivity contribution in [2.24, 2.45) is 0 Å². The molecule has 168 valence electrons. The quantitative estimate of drug-likeness (QED) is 0.610. The topological polar surface area (TPSA) is 85.9 Å². The molecular formula is C26H24N2O5. The van der Waals surface area contributed by atoms with Gasteiger partial charge in [0.2, 0.25) is 0 Å². The number of ether oxygens (including phenoxy) is 3. The van der Waals surface area contributed by atoms with E-state index in [-0.39, 0.29) is 36.1 Å². The third-order valence-corrected chi connectivity index (χ3v) is 5.80. The number of carbonyl (C=O) groups excluding carboxylic acids is 2. The smallest absolute Gasteiger partial charge is 0.251 e. The van der Waals surface area contributed by atoms with Crippen molar-refractivity contribution in [3.63, 3.8) is 0 Å². The van der Waals surface area contributed by atoms with Crippen molar-refractivity contribution >= 4 is 11.8 Å². The van der Waals surface area contributed by atoms with E-state index in [1.165, 1.54) is 0 Å². The Labute approximate surface area is 191 Å². The lowest BCUT2D eigenvalue weighted by Crippen LogP contribution is -2.46. The fourth-order valence-corrected chi connectivity index (χ4v) is 4.17. The van der Waals surface area contributed by atoms with Crippen LogP contribution in [-0.4, -0.2) is 49.3 Å². The minimum atomic E-state index is -0.321. The molecule has 2 heterocycles. The summed E-state index contributed by atoms with van der Waals surface area (Å²) in [5.74, 6) is 0.875. The van der Waals surface area contributed by atoms with Gasteiger partial charge in [-0.25, -0.2) is 0 Å². The summed E-state index contributed by atoms with van der Waals surface area (Å²) in [6.07, 6.45) is -0.630. The molecule has 0 aliphatic carbocycles. The van der Waals surface area contributed by atoms with Crippen molar-refractivity contribution in [1.29, 1.82) is 0 Å². The van der Waals surface area contributed by atoms with Crippen molar-refractivity contribution in [3.8, 4) is 11.5 Å². The highest BCUT2D eigenvalue weighted by Gasteiger charge is 2.48. The molecule has 3 aromatic rings. The molecule has 0 unspecified atom stereocenters. The zero-order chi connectivity index (χ0) is 22.6. The van der Waals surface area contributed by atoms with Crippen LogP contribution in [0.1, 0.15) is 20.7 Å². The van der Waals surface area contributed by atoms with Gasteiger partial charge in [-0.1, -0.05) is 42.5 Å². The van der Waals surface area contributed by atoms with E-state index in [1.807, 2.05) is 48.5 Å². The minimum Gasteiger partial charge on any atom is -0.457 e. The molecule has 0 saturated carbocycles. The lowest BCUT2D eigenvalue weighted by molar-refractivity contribution is 0.0628. The van der Waals surface area contributed by atoms with Crippen molar-refractivity contribution in [2.75, 3.05) is 13.2 Å². The van der Waals surface area contributed by atoms with Crippen LogP contribution in [0.25, 0.3) is 0 Å². The number of carbonyl (C=O) groups is 2. The van der Waals surface area contributed by atoms with Gasteiger partial charge in [-0.15, -0.1) is 0 Å². The van der Waals surface area contributed by atoms with Gasteiger partial charge in [0.05, 0.1) is 25.3 Å². The maximum absolute atomic E-state index is 12.9. The molecule has 0 bridgehead atoms. The summed E-state index contributed by atoms with van der Waals surface area (Å²) in [6.45, 7) is 0.652. The van der Waals surface area contributed by atoms with Crippen molar-refractivity contribution in [3.05, 3.63) is 96.1 Å². The van der Waals surface area contributed by atoms with Gasteiger partial charge in [0.1, 0.15) is 23.7 Å². The van der Waals surface area contributed by atoms with Gasteiger partial charge >= 0.3 is 0 Å². The molecule has 2 amide bonds. The van der Waals surface area contributed by atoms with Crippen LogP contribution in [0, 0.1) is 0 Å². The van der Waals surface area contributed by atoms with E-state index in [4.69, 9.17) is 14.2 Å². The molecule has 2 aliphatic rings. The van der Waals surface area contributed by atoms with Gasteiger partial charge in [-0.3, -0.25) is 9.59 Å². The summed E-state index contributed by atoms with van der Waals surface area (Å²) in [4.78, 5) is 25.4. The Hall–Kier alpha value is -3.68. The maximum Gasteiger partial charge on any atom is 0.251 e. The number of hydrogen-bond donors (Lipinski definition) is 2. The van der Waals surface area contributed by atoms with Gasteiger partial charge in [0.25, 0.3) is 11.8 Å². The second-order valence-electron chi connectivity index (χ2n) is 8.06. The van der Waals surface area contributed by atoms with E-state index in [2.05, 4.69) is 10.6 Å². The average molecular weight is 444 g/mol. The van der Waals surface area contributed by atoms with Crippen LogP contribution in [0.4, 0.5) is 0 Å². The fourth-order valence-electron chi connectivity index (χ4n) is 4.17. The monoisotopic (exact) mass is 444 g/mol. The number of para-hydroxylation sites is 1. The van der Waals surface area contributed by atoms with Crippen LogP contribution in [0.2, 0.25) is 0 Å². The summed E-state index contributed by atoms with van der Waals surface area (Å²) in [6, 6.07) is 24.9. The second kappa shape index (κ2) is 9.44. The van der Waals surface area contributed by atoms with Gasteiger partial charge in [0.15, 0.2) is 0 Å². The number of hydrogen-bond acceptors (Lipinski definition) is 5. The number of amides is 2. The second-order valence-corrected chi connectivity index (χ2v) is 8.06. The van der Waals surface area contributed by atoms with E-state index in [9.17, 15) is 9.59 Å². The van der Waals surface area contributed by atoms with Crippen molar-refractivity contribution in [2.45, 2.75) is 24.3 Å². The molecular weight excluding hydrogens is 420 g/mol. The molecule has 2 N–H and O–H groups in total. The van der Waals surface area contributed by atoms with Gasteiger partial charge in [-0.05, 0) is 42.5 Å². The van der Waals surface area contributed by atoms with E-state index in [0.717, 1.165) is 0 Å². The molecule has 0 spiro atoms. The summed E-state index contributed by atoms with van der Waals surface area (Å²) in [5, 5.41) is 5.99. The molecule has 7 heteroatoms. The van der Waals surface area contributed by atoms with Crippen LogP contribution in [0.15, 0.2) is 84.9 Å². The molecule has 3 aromatic carbocycles. The van der Waals surface area contributed by atoms with Gasteiger partial charge in [-0.2, -0.15) is 0 Å². The van der Waals surface area contributed by atoms with E-state index in [0.29, 0.717) is 35.8 Å². The molecule has 2 saturated heterocycles. The van der Waals surface area contributed by atoms with E-state index in [1.54, 1.807) is 36.4 Å². The summed E-state index contributed by atoms with van der Waals surface area (Å²) < 4.78 is 17.6. The molecule has 0 radical (unpaired) electrons. The predicted molar refractivity (Wildman–Crippen MR) is 121 cm³/mol. The lowest BCUT2D eigenvalue weighted by Gasteiger charge is -2.18. The first-order chi connectivity index (χ1) is 16.2. The first kappa shape index (κ1) is 21.2. The molecule has 4 atom stereocenters. The maximum atomic E-state index is 12.9. The Morgan fingerprint density at radius 2 is 1.18 bits per heavy atom. The molecule has 2 fully saturated rings. The Bertz CT molecular complexity index is 1120. The first-order valence-corrected chi connectivity index (χ1v) is 10.9. The largest absolute Gasteiger partial charge is 0.457 e. The van der Waals surface area contributed by atoms with E-state index >= 15 is 0 Å². The summed E-state index contributed by atoms with van der Waals surface area (Å²) in [5.41, 5.74) is 1.07. The van der Waals surface area contributed by atoms with E-state index < -0.39 is 0 Å². The van der Waals surface area contributed by atoms with Crippen LogP contribution >= 0.6 is 0 Å². The number of nitrogens with one attached hydrogen (secondary N) is 2. The van der Waals surface area contributed by atoms with Crippen LogP contribution in [-0.2, 0) is 9.47 Å². The Balaban J connectivity index is 1.19. The summed E-state index contributed by atoms with van der Waals surface area (Å²) in [7, 11) is 0. The first-order valence-electron chi connectivity index (χ1n) is 10.9. The minimum absolute atomic E-state index is 0.170. The standard InChI is InChI=1S/C26H24N2O5/c29-25(17-8-3-1-4-9-17)27-21-15-31-24-22(16-32-23(21)24)28-26(30)18-10-7-13-20(14-18)33-19-11-5-2-6-12-19/h1-14,21-24H,15-16H2,(H,27,29)(H,28,30)/t21-,22-,23+,24+/m0/s1. The fraction of sp³-hybridized carbons (Fsp3) is 0.231. The Morgan fingerprint density at radius 3 is 1.82 bits per heavy atom. The van der Waals surface area contributed by atoms with Gasteiger partial charge in [0, 0.05) is 11.1 Å². The SMILES string of the molecule is O=C(N[C@H]1CO[C@H]2[C@@H]1OC[C@@H]2NC(=O)c1cccc(Oc2ccccc2)c1)c1ccccc1. The third kappa shape index (κ3) is 4.74. The third-order valence-electron chi connectivity index (χ3n) is 5.80. The zero-order valence-electron chi connectivity index (χ0n) is 17.8. The van der Waals surface area contributed by atoms with Crippen LogP contribution < -0.4 is 15.4 Å².